The molecule has 1 unspecified atom stereocenters. The zero-order valence-corrected chi connectivity index (χ0v) is 9.71. The van der Waals surface area contributed by atoms with E-state index in [-0.39, 0.29) is 6.10 Å². The third-order valence-corrected chi connectivity index (χ3v) is 3.25. The summed E-state index contributed by atoms with van der Waals surface area (Å²) < 4.78 is 1.69. The summed E-state index contributed by atoms with van der Waals surface area (Å²) in [6, 6.07) is 0.664. The number of hydrogen-bond acceptors (Lipinski definition) is 4. The summed E-state index contributed by atoms with van der Waals surface area (Å²) in [6.45, 7) is 1.21. The molecule has 2 rings (SSSR count). The second kappa shape index (κ2) is 4.84. The molecule has 1 aliphatic rings. The standard InChI is InChI=1S/C11H20N4O/c1-14(10-3-2-4-10)7-11(16)8-15-6-9(12)5-13-15/h5-6,10-11,16H,2-4,7-8,12H2,1H3. The maximum atomic E-state index is 9.91. The van der Waals surface area contributed by atoms with Crippen LogP contribution in [0.3, 0.4) is 0 Å². The van der Waals surface area contributed by atoms with E-state index in [9.17, 15) is 5.11 Å². The van der Waals surface area contributed by atoms with Gasteiger partial charge in [0.05, 0.1) is 24.5 Å². The third kappa shape index (κ3) is 2.74. The number of nitrogen functional groups attached to an aromatic ring is 1. The molecule has 1 heterocycles. The van der Waals surface area contributed by atoms with Crippen molar-refractivity contribution in [1.82, 2.24) is 14.7 Å². The van der Waals surface area contributed by atoms with Gasteiger partial charge in [-0.15, -0.1) is 0 Å². The van der Waals surface area contributed by atoms with Gasteiger partial charge in [0.1, 0.15) is 0 Å². The fraction of sp³-hybridized carbons (Fsp3) is 0.727. The van der Waals surface area contributed by atoms with Crippen molar-refractivity contribution in [2.75, 3.05) is 19.3 Å². The van der Waals surface area contributed by atoms with Crippen LogP contribution in [-0.4, -0.2) is 45.5 Å². The number of rotatable bonds is 5. The van der Waals surface area contributed by atoms with E-state index >= 15 is 0 Å². The minimum Gasteiger partial charge on any atom is -0.396 e. The van der Waals surface area contributed by atoms with Crippen molar-refractivity contribution >= 4 is 5.69 Å². The molecule has 1 aliphatic carbocycles. The van der Waals surface area contributed by atoms with E-state index in [4.69, 9.17) is 5.73 Å². The molecule has 0 radical (unpaired) electrons. The van der Waals surface area contributed by atoms with E-state index in [0.717, 1.165) is 0 Å². The molecule has 3 N–H and O–H groups in total. The van der Waals surface area contributed by atoms with E-state index in [1.165, 1.54) is 19.3 Å². The minimum atomic E-state index is -0.384. The summed E-state index contributed by atoms with van der Waals surface area (Å²) in [5.41, 5.74) is 6.20. The first-order valence-electron chi connectivity index (χ1n) is 5.81. The molecular formula is C11H20N4O. The zero-order chi connectivity index (χ0) is 11.5. The van der Waals surface area contributed by atoms with Crippen LogP contribution in [0.4, 0.5) is 5.69 Å². The van der Waals surface area contributed by atoms with Crippen LogP contribution in [0.25, 0.3) is 0 Å². The first-order valence-corrected chi connectivity index (χ1v) is 5.81. The zero-order valence-electron chi connectivity index (χ0n) is 9.71. The van der Waals surface area contributed by atoms with E-state index < -0.39 is 0 Å². The molecular weight excluding hydrogens is 204 g/mol. The van der Waals surface area contributed by atoms with E-state index in [1.54, 1.807) is 17.1 Å². The highest BCUT2D eigenvalue weighted by Crippen LogP contribution is 2.23. The van der Waals surface area contributed by atoms with Crippen LogP contribution < -0.4 is 5.73 Å². The van der Waals surface area contributed by atoms with Gasteiger partial charge in [0.15, 0.2) is 0 Å². The monoisotopic (exact) mass is 224 g/mol. The molecule has 16 heavy (non-hydrogen) atoms. The maximum absolute atomic E-state index is 9.91. The lowest BCUT2D eigenvalue weighted by molar-refractivity contribution is 0.0660. The lowest BCUT2D eigenvalue weighted by Crippen LogP contribution is -2.42. The predicted octanol–water partition coefficient (Wildman–Crippen LogP) is 0.310. The van der Waals surface area contributed by atoms with Crippen LogP contribution in [0, 0.1) is 0 Å². The van der Waals surface area contributed by atoms with Crippen molar-refractivity contribution in [3.8, 4) is 0 Å². The average Bonchev–Trinajstić information content (AvgIpc) is 2.47. The van der Waals surface area contributed by atoms with Gasteiger partial charge >= 0.3 is 0 Å². The number of nitrogens with zero attached hydrogens (tertiary/aromatic N) is 3. The molecule has 5 heteroatoms. The molecule has 5 nitrogen and oxygen atoms in total. The molecule has 90 valence electrons. The Hall–Kier alpha value is -1.07. The minimum absolute atomic E-state index is 0.384. The Labute approximate surface area is 95.8 Å². The van der Waals surface area contributed by atoms with Crippen molar-refractivity contribution in [3.63, 3.8) is 0 Å². The topological polar surface area (TPSA) is 67.3 Å². The summed E-state index contributed by atoms with van der Waals surface area (Å²) >= 11 is 0. The summed E-state index contributed by atoms with van der Waals surface area (Å²) in [7, 11) is 2.07. The number of nitrogens with two attached hydrogens (primary N) is 1. The molecule has 1 saturated carbocycles. The van der Waals surface area contributed by atoms with Crippen molar-refractivity contribution < 1.29 is 5.11 Å². The van der Waals surface area contributed by atoms with Gasteiger partial charge in [-0.3, -0.25) is 4.68 Å². The van der Waals surface area contributed by atoms with Crippen molar-refractivity contribution in [2.45, 2.75) is 38.0 Å². The Morgan fingerprint density at radius 2 is 2.44 bits per heavy atom. The molecule has 0 aromatic carbocycles. The normalized spacial score (nSPS) is 18.7. The van der Waals surface area contributed by atoms with Crippen LogP contribution in [0.2, 0.25) is 0 Å². The first-order chi connectivity index (χ1) is 7.65. The number of anilines is 1. The highest BCUT2D eigenvalue weighted by molar-refractivity contribution is 5.30. The second-order valence-electron chi connectivity index (χ2n) is 4.67. The van der Waals surface area contributed by atoms with Crippen molar-refractivity contribution in [1.29, 1.82) is 0 Å². The number of aliphatic hydroxyl groups is 1. The highest BCUT2D eigenvalue weighted by Gasteiger charge is 2.23. The SMILES string of the molecule is CN(CC(O)Cn1cc(N)cn1)C1CCC1. The number of aliphatic hydroxyl groups excluding tert-OH is 1. The van der Waals surface area contributed by atoms with Gasteiger partial charge in [-0.1, -0.05) is 6.42 Å². The van der Waals surface area contributed by atoms with Crippen LogP contribution in [0.5, 0.6) is 0 Å². The fourth-order valence-corrected chi connectivity index (χ4v) is 2.06. The molecule has 0 aliphatic heterocycles. The largest absolute Gasteiger partial charge is 0.396 e. The Kier molecular flexibility index (Phi) is 3.46. The fourth-order valence-electron chi connectivity index (χ4n) is 2.06. The van der Waals surface area contributed by atoms with E-state index in [2.05, 4.69) is 17.0 Å². The molecule has 0 bridgehead atoms. The third-order valence-electron chi connectivity index (χ3n) is 3.25. The molecule has 1 aromatic heterocycles. The Morgan fingerprint density at radius 1 is 1.69 bits per heavy atom. The first kappa shape index (κ1) is 11.4. The van der Waals surface area contributed by atoms with Gasteiger partial charge < -0.3 is 15.7 Å². The summed E-state index contributed by atoms with van der Waals surface area (Å²) in [4.78, 5) is 2.24. The second-order valence-corrected chi connectivity index (χ2v) is 4.67. The van der Waals surface area contributed by atoms with Crippen LogP contribution in [-0.2, 0) is 6.54 Å². The van der Waals surface area contributed by atoms with Crippen molar-refractivity contribution in [2.24, 2.45) is 0 Å². The Balaban J connectivity index is 1.77. The predicted molar refractivity (Wildman–Crippen MR) is 62.9 cm³/mol. The van der Waals surface area contributed by atoms with Gasteiger partial charge in [-0.2, -0.15) is 5.10 Å². The van der Waals surface area contributed by atoms with Gasteiger partial charge in [0.25, 0.3) is 0 Å². The smallest absolute Gasteiger partial charge is 0.0862 e. The lowest BCUT2D eigenvalue weighted by Gasteiger charge is -2.35. The number of hydrogen-bond donors (Lipinski definition) is 2. The average molecular weight is 224 g/mol. The lowest BCUT2D eigenvalue weighted by atomic mass is 9.92. The molecule has 1 fully saturated rings. The summed E-state index contributed by atoms with van der Waals surface area (Å²) in [6.07, 6.45) is 6.80. The molecule has 1 atom stereocenters. The van der Waals surface area contributed by atoms with Crippen LogP contribution in [0.15, 0.2) is 12.4 Å². The maximum Gasteiger partial charge on any atom is 0.0862 e. The number of likely N-dealkylation sites (N-methyl/N-ethyl adjacent to an activating group) is 1. The van der Waals surface area contributed by atoms with Crippen LogP contribution >= 0.6 is 0 Å². The number of aromatic nitrogens is 2. The van der Waals surface area contributed by atoms with Gasteiger partial charge in [0, 0.05) is 18.8 Å². The van der Waals surface area contributed by atoms with Gasteiger partial charge in [0.2, 0.25) is 0 Å². The summed E-state index contributed by atoms with van der Waals surface area (Å²) in [5, 5.41) is 14.0. The van der Waals surface area contributed by atoms with Crippen molar-refractivity contribution in [3.05, 3.63) is 12.4 Å². The molecule has 0 saturated heterocycles. The molecule has 0 amide bonds. The van der Waals surface area contributed by atoms with Gasteiger partial charge in [-0.25, -0.2) is 0 Å². The van der Waals surface area contributed by atoms with E-state index in [1.807, 2.05) is 0 Å². The van der Waals surface area contributed by atoms with Gasteiger partial charge in [-0.05, 0) is 19.9 Å². The summed E-state index contributed by atoms with van der Waals surface area (Å²) in [5.74, 6) is 0. The Bertz CT molecular complexity index is 334. The quantitative estimate of drug-likeness (QED) is 0.755. The molecule has 0 spiro atoms. The van der Waals surface area contributed by atoms with E-state index in [0.29, 0.717) is 24.8 Å². The highest BCUT2D eigenvalue weighted by atomic mass is 16.3. The Morgan fingerprint density at radius 3 is 2.94 bits per heavy atom. The molecule has 1 aromatic rings. The van der Waals surface area contributed by atoms with Crippen LogP contribution in [0.1, 0.15) is 19.3 Å².